The van der Waals surface area contributed by atoms with Crippen LogP contribution in [0, 0.1) is 0 Å². The predicted molar refractivity (Wildman–Crippen MR) is 80.7 cm³/mol. The van der Waals surface area contributed by atoms with Gasteiger partial charge < -0.3 is 15.8 Å². The largest absolute Gasteiger partial charge is 0.463 e. The molecule has 0 amide bonds. The van der Waals surface area contributed by atoms with Crippen LogP contribution in [0.2, 0.25) is 0 Å². The van der Waals surface area contributed by atoms with Gasteiger partial charge in [0.25, 0.3) is 0 Å². The zero-order valence-corrected chi connectivity index (χ0v) is 13.2. The lowest BCUT2D eigenvalue weighted by Gasteiger charge is -2.08. The summed E-state index contributed by atoms with van der Waals surface area (Å²) < 4.78 is 4.99. The molecule has 0 rings (SSSR count). The number of nitrogens with one attached hydrogen (secondary N) is 1. The summed E-state index contributed by atoms with van der Waals surface area (Å²) in [5.41, 5.74) is 5.58. The Bertz CT molecular complexity index is 233. The van der Waals surface area contributed by atoms with Gasteiger partial charge in [0.1, 0.15) is 0 Å². The monoisotopic (exact) mass is 357 g/mol. The second kappa shape index (κ2) is 11.9. The summed E-state index contributed by atoms with van der Waals surface area (Å²) in [5.74, 6) is 0.278. The van der Waals surface area contributed by atoms with Crippen molar-refractivity contribution in [3.05, 3.63) is 0 Å². The Hall–Kier alpha value is -0.530. The predicted octanol–water partition coefficient (Wildman–Crippen LogP) is 1.65. The molecular formula is C11H24IN3O2. The number of carbonyl (C=O) groups excluding carboxylic acids is 1. The number of aliphatic imine (C=N–C) groups is 1. The molecule has 0 aromatic carbocycles. The summed E-state index contributed by atoms with van der Waals surface area (Å²) in [7, 11) is 0. The fourth-order valence-corrected chi connectivity index (χ4v) is 1.06. The van der Waals surface area contributed by atoms with Gasteiger partial charge in [0.15, 0.2) is 5.96 Å². The van der Waals surface area contributed by atoms with Gasteiger partial charge in [-0.3, -0.25) is 9.79 Å². The smallest absolute Gasteiger partial charge is 0.306 e. The molecule has 3 N–H and O–H groups in total. The average molecular weight is 357 g/mol. The van der Waals surface area contributed by atoms with E-state index in [1.807, 2.05) is 20.8 Å². The van der Waals surface area contributed by atoms with E-state index >= 15 is 0 Å². The fourth-order valence-electron chi connectivity index (χ4n) is 1.06. The second-order valence-electron chi connectivity index (χ2n) is 3.84. The van der Waals surface area contributed by atoms with E-state index < -0.39 is 0 Å². The number of nitrogens with zero attached hydrogens (tertiary/aromatic N) is 1. The standard InChI is InChI=1S/C11H23N3O2.HI/c1-4-7-13-11(12)14-8-5-6-10(15)16-9(2)3;/h9H,4-8H2,1-3H3,(H3,12,13,14);1H. The van der Waals surface area contributed by atoms with Crippen molar-refractivity contribution in [2.75, 3.05) is 13.1 Å². The maximum Gasteiger partial charge on any atom is 0.306 e. The molecule has 0 heterocycles. The number of hydrogen-bond acceptors (Lipinski definition) is 3. The first kappa shape index (κ1) is 18.8. The fraction of sp³-hybridized carbons (Fsp3) is 0.818. The summed E-state index contributed by atoms with van der Waals surface area (Å²) >= 11 is 0. The van der Waals surface area contributed by atoms with E-state index in [2.05, 4.69) is 10.3 Å². The second-order valence-corrected chi connectivity index (χ2v) is 3.84. The average Bonchev–Trinajstić information content (AvgIpc) is 2.20. The summed E-state index contributed by atoms with van der Waals surface area (Å²) in [5, 5.41) is 2.95. The van der Waals surface area contributed by atoms with Crippen molar-refractivity contribution in [3.63, 3.8) is 0 Å². The number of rotatable bonds is 7. The van der Waals surface area contributed by atoms with Gasteiger partial charge in [-0.2, -0.15) is 0 Å². The van der Waals surface area contributed by atoms with Crippen LogP contribution in [-0.4, -0.2) is 31.1 Å². The van der Waals surface area contributed by atoms with E-state index in [1.54, 1.807) is 0 Å². The number of halogens is 1. The molecule has 6 heteroatoms. The molecule has 0 radical (unpaired) electrons. The van der Waals surface area contributed by atoms with Crippen molar-refractivity contribution in [2.24, 2.45) is 10.7 Å². The van der Waals surface area contributed by atoms with Gasteiger partial charge in [-0.05, 0) is 26.7 Å². The number of guanidine groups is 1. The van der Waals surface area contributed by atoms with Crippen molar-refractivity contribution in [2.45, 2.75) is 46.1 Å². The lowest BCUT2D eigenvalue weighted by molar-refractivity contribution is -0.147. The highest BCUT2D eigenvalue weighted by Gasteiger charge is 2.04. The van der Waals surface area contributed by atoms with Gasteiger partial charge in [0, 0.05) is 19.5 Å². The molecule has 0 aromatic heterocycles. The topological polar surface area (TPSA) is 76.7 Å². The van der Waals surface area contributed by atoms with Crippen LogP contribution in [0.5, 0.6) is 0 Å². The minimum Gasteiger partial charge on any atom is -0.463 e. The minimum absolute atomic E-state index is 0. The number of carbonyl (C=O) groups is 1. The van der Waals surface area contributed by atoms with Crippen molar-refractivity contribution in [1.82, 2.24) is 5.32 Å². The third-order valence-corrected chi connectivity index (χ3v) is 1.74. The van der Waals surface area contributed by atoms with Gasteiger partial charge in [0.05, 0.1) is 6.10 Å². The van der Waals surface area contributed by atoms with Gasteiger partial charge in [0.2, 0.25) is 0 Å². The Morgan fingerprint density at radius 3 is 2.65 bits per heavy atom. The number of ether oxygens (including phenoxy) is 1. The molecule has 0 bridgehead atoms. The summed E-state index contributed by atoms with van der Waals surface area (Å²) in [4.78, 5) is 15.2. The normalized spacial score (nSPS) is 10.9. The maximum atomic E-state index is 11.2. The molecule has 0 atom stereocenters. The van der Waals surface area contributed by atoms with Gasteiger partial charge >= 0.3 is 5.97 Å². The van der Waals surface area contributed by atoms with Crippen LogP contribution in [0.3, 0.4) is 0 Å². The van der Waals surface area contributed by atoms with Gasteiger partial charge in [-0.25, -0.2) is 0 Å². The zero-order valence-electron chi connectivity index (χ0n) is 10.9. The lowest BCUT2D eigenvalue weighted by Crippen LogP contribution is -2.32. The van der Waals surface area contributed by atoms with Crippen molar-refractivity contribution in [1.29, 1.82) is 0 Å². The molecule has 0 aliphatic carbocycles. The van der Waals surface area contributed by atoms with E-state index in [0.717, 1.165) is 13.0 Å². The first-order valence-electron chi connectivity index (χ1n) is 5.79. The van der Waals surface area contributed by atoms with Crippen LogP contribution >= 0.6 is 24.0 Å². The number of nitrogens with two attached hydrogens (primary N) is 1. The zero-order chi connectivity index (χ0) is 12.4. The van der Waals surface area contributed by atoms with Gasteiger partial charge in [-0.1, -0.05) is 6.92 Å². The molecule has 0 spiro atoms. The molecule has 0 unspecified atom stereocenters. The Morgan fingerprint density at radius 2 is 2.12 bits per heavy atom. The first-order chi connectivity index (χ1) is 7.56. The van der Waals surface area contributed by atoms with E-state index in [4.69, 9.17) is 10.5 Å². The molecule has 0 saturated carbocycles. The van der Waals surface area contributed by atoms with Crippen LogP contribution in [0.15, 0.2) is 4.99 Å². The molecular weight excluding hydrogens is 333 g/mol. The lowest BCUT2D eigenvalue weighted by atomic mass is 10.3. The Kier molecular flexibility index (Phi) is 13.2. The molecule has 5 nitrogen and oxygen atoms in total. The van der Waals surface area contributed by atoms with E-state index in [0.29, 0.717) is 25.3 Å². The Labute approximate surface area is 121 Å². The van der Waals surface area contributed by atoms with Crippen molar-refractivity contribution >= 4 is 35.9 Å². The Balaban J connectivity index is 0. The summed E-state index contributed by atoms with van der Waals surface area (Å²) in [6.45, 7) is 7.09. The SMILES string of the molecule is CCCN=C(N)NCCCC(=O)OC(C)C.I. The summed E-state index contributed by atoms with van der Waals surface area (Å²) in [6, 6.07) is 0. The molecule has 0 aliphatic rings. The Morgan fingerprint density at radius 1 is 1.47 bits per heavy atom. The van der Waals surface area contributed by atoms with E-state index in [1.165, 1.54) is 0 Å². The van der Waals surface area contributed by atoms with E-state index in [9.17, 15) is 4.79 Å². The van der Waals surface area contributed by atoms with Crippen LogP contribution < -0.4 is 11.1 Å². The molecule has 0 saturated heterocycles. The molecule has 17 heavy (non-hydrogen) atoms. The molecule has 102 valence electrons. The minimum atomic E-state index is -0.166. The number of hydrogen-bond donors (Lipinski definition) is 2. The van der Waals surface area contributed by atoms with Crippen molar-refractivity contribution < 1.29 is 9.53 Å². The van der Waals surface area contributed by atoms with Crippen LogP contribution in [0.4, 0.5) is 0 Å². The molecule has 0 fully saturated rings. The van der Waals surface area contributed by atoms with Crippen molar-refractivity contribution in [3.8, 4) is 0 Å². The highest BCUT2D eigenvalue weighted by atomic mass is 127. The third kappa shape index (κ3) is 13.4. The highest BCUT2D eigenvalue weighted by Crippen LogP contribution is 1.95. The number of esters is 1. The first-order valence-corrected chi connectivity index (χ1v) is 5.79. The van der Waals surface area contributed by atoms with Gasteiger partial charge in [-0.15, -0.1) is 24.0 Å². The highest BCUT2D eigenvalue weighted by molar-refractivity contribution is 14.0. The third-order valence-electron chi connectivity index (χ3n) is 1.74. The quantitative estimate of drug-likeness (QED) is 0.239. The molecule has 0 aliphatic heterocycles. The van der Waals surface area contributed by atoms with Crippen LogP contribution in [-0.2, 0) is 9.53 Å². The van der Waals surface area contributed by atoms with E-state index in [-0.39, 0.29) is 36.0 Å². The molecule has 0 aromatic rings. The van der Waals surface area contributed by atoms with Crippen LogP contribution in [0.1, 0.15) is 40.0 Å². The van der Waals surface area contributed by atoms with Crippen LogP contribution in [0.25, 0.3) is 0 Å². The summed E-state index contributed by atoms with van der Waals surface area (Å²) in [6.07, 6.45) is 2.04. The maximum absolute atomic E-state index is 11.2.